The first-order chi connectivity index (χ1) is 8.36. The van der Waals surface area contributed by atoms with E-state index in [2.05, 4.69) is 49.8 Å². The molecule has 1 heterocycles. The molecule has 0 aromatic heterocycles. The molecule has 0 bridgehead atoms. The zero-order chi connectivity index (χ0) is 13.8. The van der Waals surface area contributed by atoms with E-state index in [1.54, 1.807) is 0 Å². The van der Waals surface area contributed by atoms with Gasteiger partial charge in [0.2, 0.25) is 0 Å². The Labute approximate surface area is 112 Å². The third-order valence-corrected chi connectivity index (χ3v) is 4.18. The molecule has 4 nitrogen and oxygen atoms in total. The first-order valence-electron chi connectivity index (χ1n) is 7.00. The molecule has 0 aromatic carbocycles. The second kappa shape index (κ2) is 5.91. The van der Waals surface area contributed by atoms with Crippen molar-refractivity contribution in [3.05, 3.63) is 0 Å². The number of hydrogen-bond donors (Lipinski definition) is 1. The number of likely N-dealkylation sites (tertiary alicyclic amines) is 1. The lowest BCUT2D eigenvalue weighted by Crippen LogP contribution is -2.72. The van der Waals surface area contributed by atoms with Crippen LogP contribution in [0.15, 0.2) is 4.99 Å². The van der Waals surface area contributed by atoms with Gasteiger partial charge in [0, 0.05) is 30.7 Å². The van der Waals surface area contributed by atoms with E-state index in [0.717, 1.165) is 32.2 Å². The average molecular weight is 255 g/mol. The summed E-state index contributed by atoms with van der Waals surface area (Å²) in [7, 11) is 0. The van der Waals surface area contributed by atoms with Gasteiger partial charge in [-0.2, -0.15) is 0 Å². The summed E-state index contributed by atoms with van der Waals surface area (Å²) in [4.78, 5) is 7.00. The normalized spacial score (nSPS) is 21.7. The van der Waals surface area contributed by atoms with Crippen molar-refractivity contribution in [1.82, 2.24) is 10.2 Å². The van der Waals surface area contributed by atoms with E-state index in [-0.39, 0.29) is 5.54 Å². The van der Waals surface area contributed by atoms with Crippen molar-refractivity contribution >= 4 is 5.96 Å². The van der Waals surface area contributed by atoms with Crippen molar-refractivity contribution in [2.75, 3.05) is 32.8 Å². The van der Waals surface area contributed by atoms with Crippen LogP contribution in [0.25, 0.3) is 0 Å². The van der Waals surface area contributed by atoms with E-state index in [1.807, 2.05) is 6.92 Å². The summed E-state index contributed by atoms with van der Waals surface area (Å²) in [5.41, 5.74) is 0.489. The Morgan fingerprint density at radius 3 is 2.39 bits per heavy atom. The molecular weight excluding hydrogens is 226 g/mol. The Balaban J connectivity index is 2.63. The molecule has 0 unspecified atom stereocenters. The summed E-state index contributed by atoms with van der Waals surface area (Å²) in [5.74, 6) is 1.02. The Morgan fingerprint density at radius 1 is 1.28 bits per heavy atom. The Morgan fingerprint density at radius 2 is 1.94 bits per heavy atom. The minimum atomic E-state index is 0.152. The highest BCUT2D eigenvalue weighted by Gasteiger charge is 2.53. The van der Waals surface area contributed by atoms with E-state index in [1.165, 1.54) is 0 Å². The van der Waals surface area contributed by atoms with Gasteiger partial charge in [0.05, 0.1) is 13.2 Å². The van der Waals surface area contributed by atoms with Gasteiger partial charge in [-0.15, -0.1) is 0 Å². The smallest absolute Gasteiger partial charge is 0.194 e. The number of rotatable bonds is 5. The highest BCUT2D eigenvalue weighted by molar-refractivity contribution is 5.82. The fourth-order valence-corrected chi connectivity index (χ4v) is 2.16. The minimum absolute atomic E-state index is 0.152. The number of aliphatic imine (C=N–C) groups is 1. The lowest BCUT2D eigenvalue weighted by molar-refractivity contribution is -0.0668. The van der Waals surface area contributed by atoms with Crippen molar-refractivity contribution in [1.29, 1.82) is 0 Å². The number of hydrogen-bond acceptors (Lipinski definition) is 2. The molecule has 1 aliphatic heterocycles. The molecule has 18 heavy (non-hydrogen) atoms. The second-order valence-corrected chi connectivity index (χ2v) is 5.96. The average Bonchev–Trinajstić information content (AvgIpc) is 2.30. The molecule has 1 fully saturated rings. The second-order valence-electron chi connectivity index (χ2n) is 5.96. The molecule has 0 aliphatic carbocycles. The van der Waals surface area contributed by atoms with Crippen LogP contribution in [0.5, 0.6) is 0 Å². The molecule has 0 radical (unpaired) electrons. The zero-order valence-electron chi connectivity index (χ0n) is 12.8. The van der Waals surface area contributed by atoms with E-state index in [4.69, 9.17) is 4.74 Å². The van der Waals surface area contributed by atoms with Crippen molar-refractivity contribution in [3.63, 3.8) is 0 Å². The van der Waals surface area contributed by atoms with Crippen LogP contribution >= 0.6 is 0 Å². The predicted molar refractivity (Wildman–Crippen MR) is 77.0 cm³/mol. The van der Waals surface area contributed by atoms with Gasteiger partial charge in [-0.3, -0.25) is 4.99 Å². The van der Waals surface area contributed by atoms with Crippen molar-refractivity contribution in [2.45, 2.75) is 47.1 Å². The fraction of sp³-hybridized carbons (Fsp3) is 0.929. The van der Waals surface area contributed by atoms with Crippen LogP contribution in [0.1, 0.15) is 41.5 Å². The summed E-state index contributed by atoms with van der Waals surface area (Å²) in [6.45, 7) is 17.5. The molecule has 1 aliphatic rings. The largest absolute Gasteiger partial charge is 0.380 e. The highest BCUT2D eigenvalue weighted by Crippen LogP contribution is 2.46. The summed E-state index contributed by atoms with van der Waals surface area (Å²) in [5, 5.41) is 3.38. The van der Waals surface area contributed by atoms with E-state index in [0.29, 0.717) is 12.0 Å². The van der Waals surface area contributed by atoms with E-state index >= 15 is 0 Å². The molecule has 0 atom stereocenters. The zero-order valence-corrected chi connectivity index (χ0v) is 12.8. The molecule has 1 N–H and O–H groups in total. The fourth-order valence-electron chi connectivity index (χ4n) is 2.16. The Bertz CT molecular complexity index is 297. The summed E-state index contributed by atoms with van der Waals surface area (Å²) >= 11 is 0. The van der Waals surface area contributed by atoms with E-state index < -0.39 is 0 Å². The van der Waals surface area contributed by atoms with Crippen LogP contribution in [0.4, 0.5) is 0 Å². The van der Waals surface area contributed by atoms with Gasteiger partial charge in [-0.05, 0) is 27.7 Å². The molecule has 1 rings (SSSR count). The lowest BCUT2D eigenvalue weighted by Gasteiger charge is -2.62. The van der Waals surface area contributed by atoms with Crippen LogP contribution in [0.3, 0.4) is 0 Å². The molecular formula is C14H29N3O. The van der Waals surface area contributed by atoms with E-state index in [9.17, 15) is 0 Å². The van der Waals surface area contributed by atoms with Crippen LogP contribution in [0.2, 0.25) is 0 Å². The van der Waals surface area contributed by atoms with Gasteiger partial charge in [0.1, 0.15) is 0 Å². The summed E-state index contributed by atoms with van der Waals surface area (Å²) < 4.78 is 5.33. The molecule has 0 saturated carbocycles. The Hall–Kier alpha value is -0.770. The van der Waals surface area contributed by atoms with Crippen LogP contribution in [-0.4, -0.2) is 49.2 Å². The van der Waals surface area contributed by atoms with Crippen LogP contribution in [0, 0.1) is 5.41 Å². The van der Waals surface area contributed by atoms with Crippen molar-refractivity contribution in [2.24, 2.45) is 10.4 Å². The molecule has 0 amide bonds. The third-order valence-electron chi connectivity index (χ3n) is 4.18. The van der Waals surface area contributed by atoms with Gasteiger partial charge in [-0.25, -0.2) is 0 Å². The van der Waals surface area contributed by atoms with Crippen LogP contribution < -0.4 is 5.32 Å². The SMILES string of the molecule is CCNC(=NCCOCC)N1CC(C)(C)C1(C)C. The molecule has 4 heteroatoms. The predicted octanol–water partition coefficient (Wildman–Crippen LogP) is 2.11. The minimum Gasteiger partial charge on any atom is -0.380 e. The monoisotopic (exact) mass is 255 g/mol. The summed E-state index contributed by atoms with van der Waals surface area (Å²) in [6, 6.07) is 0. The van der Waals surface area contributed by atoms with Gasteiger partial charge in [0.15, 0.2) is 5.96 Å². The maximum Gasteiger partial charge on any atom is 0.194 e. The standard InChI is InChI=1S/C14H29N3O/c1-7-15-12(16-9-10-18-8-2)17-11-13(3,4)14(17,5)6/h7-11H2,1-6H3,(H,15,16). The molecule has 1 saturated heterocycles. The number of ether oxygens (including phenoxy) is 1. The third kappa shape index (κ3) is 2.97. The van der Waals surface area contributed by atoms with Crippen molar-refractivity contribution < 1.29 is 4.74 Å². The number of nitrogens with one attached hydrogen (secondary N) is 1. The lowest BCUT2D eigenvalue weighted by atomic mass is 9.65. The number of guanidine groups is 1. The topological polar surface area (TPSA) is 36.9 Å². The maximum atomic E-state index is 5.33. The van der Waals surface area contributed by atoms with Gasteiger partial charge in [0.25, 0.3) is 0 Å². The Kier molecular flexibility index (Phi) is 5.02. The maximum absolute atomic E-state index is 5.33. The van der Waals surface area contributed by atoms with Gasteiger partial charge in [-0.1, -0.05) is 13.8 Å². The molecule has 106 valence electrons. The van der Waals surface area contributed by atoms with Gasteiger partial charge >= 0.3 is 0 Å². The number of nitrogens with zero attached hydrogens (tertiary/aromatic N) is 2. The quantitative estimate of drug-likeness (QED) is 0.464. The van der Waals surface area contributed by atoms with Gasteiger partial charge < -0.3 is 15.0 Å². The first-order valence-corrected chi connectivity index (χ1v) is 7.00. The van der Waals surface area contributed by atoms with Crippen molar-refractivity contribution in [3.8, 4) is 0 Å². The summed E-state index contributed by atoms with van der Waals surface area (Å²) in [6.07, 6.45) is 0. The van der Waals surface area contributed by atoms with Crippen LogP contribution in [-0.2, 0) is 4.74 Å². The molecule has 0 spiro atoms. The highest BCUT2D eigenvalue weighted by atomic mass is 16.5. The molecule has 0 aromatic rings. The first kappa shape index (κ1) is 15.3.